The number of allylic oxidation sites excluding steroid dienone is 1. The maximum absolute atomic E-state index is 12.0. The van der Waals surface area contributed by atoms with Crippen LogP contribution in [0, 0.1) is 5.92 Å². The van der Waals surface area contributed by atoms with E-state index < -0.39 is 18.0 Å². The summed E-state index contributed by atoms with van der Waals surface area (Å²) in [7, 11) is 1.61. The molecule has 2 N–H and O–H groups in total. The van der Waals surface area contributed by atoms with E-state index in [2.05, 4.69) is 5.32 Å². The van der Waals surface area contributed by atoms with E-state index in [9.17, 15) is 15.0 Å². The van der Waals surface area contributed by atoms with E-state index in [1.54, 1.807) is 14.0 Å². The van der Waals surface area contributed by atoms with Crippen LogP contribution >= 0.6 is 0 Å². The van der Waals surface area contributed by atoms with Gasteiger partial charge >= 0.3 is 5.97 Å². The second kappa shape index (κ2) is 8.17. The normalized spacial score (nSPS) is 24.4. The molecule has 1 aliphatic rings. The Balaban J connectivity index is 2.09. The SMILES string of the molecule is CCOC(=O)/C(=C(/C)[O-])C1CNC(Cc2ccc(OC)cc2)C1O. The predicted octanol–water partition coefficient (Wildman–Crippen LogP) is 0.384. The number of methoxy groups -OCH3 is 1. The molecule has 6 nitrogen and oxygen atoms in total. The number of esters is 1. The van der Waals surface area contributed by atoms with E-state index in [1.165, 1.54) is 6.92 Å². The standard InChI is InChI=1S/C18H25NO5/c1-4-24-18(22)16(11(2)20)14-10-19-15(17(14)21)9-12-5-7-13(23-3)8-6-12/h5-8,14-15,17,19-21H,4,9-10H2,1-3H3/p-1/b16-11-. The number of ether oxygens (including phenoxy) is 2. The van der Waals surface area contributed by atoms with Gasteiger partial charge in [0.25, 0.3) is 0 Å². The lowest BCUT2D eigenvalue weighted by Crippen LogP contribution is -2.35. The van der Waals surface area contributed by atoms with E-state index in [0.717, 1.165) is 11.3 Å². The number of aliphatic hydroxyl groups excluding tert-OH is 1. The number of aliphatic hydroxyl groups is 1. The summed E-state index contributed by atoms with van der Waals surface area (Å²) in [6.07, 6.45) is -0.231. The third kappa shape index (κ3) is 4.07. The van der Waals surface area contributed by atoms with E-state index in [1.807, 2.05) is 24.3 Å². The Morgan fingerprint density at radius 2 is 2.04 bits per heavy atom. The third-order valence-electron chi connectivity index (χ3n) is 4.28. The Hall–Kier alpha value is -2.05. The number of carbonyl (C=O) groups is 1. The van der Waals surface area contributed by atoms with Gasteiger partial charge in [-0.2, -0.15) is 0 Å². The minimum atomic E-state index is -0.824. The number of carbonyl (C=O) groups excluding carboxylic acids is 1. The first-order valence-corrected chi connectivity index (χ1v) is 8.07. The number of nitrogens with one attached hydrogen (secondary N) is 1. The molecule has 2 rings (SSSR count). The van der Waals surface area contributed by atoms with Gasteiger partial charge in [-0.25, -0.2) is 4.79 Å². The summed E-state index contributed by atoms with van der Waals surface area (Å²) in [5.41, 5.74) is 1.07. The van der Waals surface area contributed by atoms with Gasteiger partial charge in [-0.3, -0.25) is 0 Å². The quantitative estimate of drug-likeness (QED) is 0.444. The van der Waals surface area contributed by atoms with Crippen molar-refractivity contribution in [3.05, 3.63) is 41.2 Å². The van der Waals surface area contributed by atoms with Crippen molar-refractivity contribution in [3.8, 4) is 5.75 Å². The van der Waals surface area contributed by atoms with Crippen molar-refractivity contribution < 1.29 is 24.5 Å². The van der Waals surface area contributed by atoms with E-state index in [4.69, 9.17) is 9.47 Å². The molecule has 0 bridgehead atoms. The smallest absolute Gasteiger partial charge is 0.333 e. The van der Waals surface area contributed by atoms with Crippen molar-refractivity contribution >= 4 is 5.97 Å². The molecule has 0 spiro atoms. The highest BCUT2D eigenvalue weighted by Crippen LogP contribution is 2.27. The highest BCUT2D eigenvalue weighted by Gasteiger charge is 2.39. The van der Waals surface area contributed by atoms with Crippen molar-refractivity contribution in [2.45, 2.75) is 32.4 Å². The molecule has 1 fully saturated rings. The van der Waals surface area contributed by atoms with Gasteiger partial charge in [0.05, 0.1) is 19.8 Å². The molecular formula is C18H24NO5-. The Bertz CT molecular complexity index is 592. The number of hydrogen-bond donors (Lipinski definition) is 2. The summed E-state index contributed by atoms with van der Waals surface area (Å²) in [6.45, 7) is 3.58. The van der Waals surface area contributed by atoms with Crippen LogP contribution in [0.2, 0.25) is 0 Å². The van der Waals surface area contributed by atoms with Gasteiger partial charge in [-0.05, 0) is 31.0 Å². The summed E-state index contributed by atoms with van der Waals surface area (Å²) in [5.74, 6) is -0.777. The van der Waals surface area contributed by atoms with Crippen LogP contribution in [0.4, 0.5) is 0 Å². The summed E-state index contributed by atoms with van der Waals surface area (Å²) >= 11 is 0. The zero-order chi connectivity index (χ0) is 17.7. The van der Waals surface area contributed by atoms with Crippen LogP contribution in [0.25, 0.3) is 0 Å². The van der Waals surface area contributed by atoms with Crippen LogP contribution in [0.1, 0.15) is 19.4 Å². The first-order valence-electron chi connectivity index (χ1n) is 8.07. The fraction of sp³-hybridized carbons (Fsp3) is 0.500. The summed E-state index contributed by atoms with van der Waals surface area (Å²) < 4.78 is 10.1. The van der Waals surface area contributed by atoms with Gasteiger partial charge in [0.15, 0.2) is 0 Å². The molecule has 3 unspecified atom stereocenters. The molecule has 1 aromatic rings. The van der Waals surface area contributed by atoms with Crippen molar-refractivity contribution in [2.24, 2.45) is 5.92 Å². The largest absolute Gasteiger partial charge is 0.875 e. The summed E-state index contributed by atoms with van der Waals surface area (Å²) in [4.78, 5) is 12.0. The molecule has 132 valence electrons. The van der Waals surface area contributed by atoms with Crippen LogP contribution in [0.15, 0.2) is 35.6 Å². The molecule has 1 aromatic carbocycles. The average Bonchev–Trinajstić information content (AvgIpc) is 2.89. The molecule has 1 saturated heterocycles. The molecule has 0 aliphatic carbocycles. The number of rotatable bonds is 6. The van der Waals surface area contributed by atoms with Gasteiger partial charge in [0.1, 0.15) is 5.75 Å². The van der Waals surface area contributed by atoms with Crippen LogP contribution in [-0.2, 0) is 16.0 Å². The van der Waals surface area contributed by atoms with Crippen LogP contribution in [-0.4, -0.2) is 43.5 Å². The highest BCUT2D eigenvalue weighted by atomic mass is 16.5. The Kier molecular flexibility index (Phi) is 6.23. The number of hydrogen-bond acceptors (Lipinski definition) is 6. The molecule has 0 saturated carbocycles. The lowest BCUT2D eigenvalue weighted by Gasteiger charge is -2.24. The van der Waals surface area contributed by atoms with Crippen molar-refractivity contribution in [3.63, 3.8) is 0 Å². The molecule has 6 heteroatoms. The van der Waals surface area contributed by atoms with Gasteiger partial charge in [0, 0.05) is 24.1 Å². The molecular weight excluding hydrogens is 310 g/mol. The molecule has 24 heavy (non-hydrogen) atoms. The lowest BCUT2D eigenvalue weighted by molar-refractivity contribution is -0.304. The fourth-order valence-electron chi connectivity index (χ4n) is 3.05. The zero-order valence-corrected chi connectivity index (χ0v) is 14.2. The van der Waals surface area contributed by atoms with E-state index in [-0.39, 0.29) is 24.0 Å². The second-order valence-corrected chi connectivity index (χ2v) is 5.85. The number of benzene rings is 1. The summed E-state index contributed by atoms with van der Waals surface area (Å²) in [5, 5.41) is 25.6. The second-order valence-electron chi connectivity index (χ2n) is 5.85. The average molecular weight is 334 g/mol. The molecule has 0 radical (unpaired) electrons. The van der Waals surface area contributed by atoms with E-state index >= 15 is 0 Å². The maximum Gasteiger partial charge on any atom is 0.333 e. The van der Waals surface area contributed by atoms with Gasteiger partial charge in [-0.1, -0.05) is 19.1 Å². The first kappa shape index (κ1) is 18.3. The molecule has 3 atom stereocenters. The van der Waals surface area contributed by atoms with Crippen molar-refractivity contribution in [2.75, 3.05) is 20.3 Å². The fourth-order valence-corrected chi connectivity index (χ4v) is 3.05. The molecule has 1 heterocycles. The van der Waals surface area contributed by atoms with Crippen LogP contribution in [0.5, 0.6) is 5.75 Å². The third-order valence-corrected chi connectivity index (χ3v) is 4.28. The Labute approximate surface area is 142 Å². The lowest BCUT2D eigenvalue weighted by atomic mass is 9.90. The van der Waals surface area contributed by atoms with Crippen LogP contribution < -0.4 is 15.2 Å². The monoisotopic (exact) mass is 334 g/mol. The molecule has 1 aliphatic heterocycles. The summed E-state index contributed by atoms with van der Waals surface area (Å²) in [6, 6.07) is 7.36. The minimum absolute atomic E-state index is 0.0362. The highest BCUT2D eigenvalue weighted by molar-refractivity contribution is 5.89. The molecule has 0 amide bonds. The van der Waals surface area contributed by atoms with Gasteiger partial charge in [-0.15, -0.1) is 5.76 Å². The Morgan fingerprint density at radius 1 is 1.38 bits per heavy atom. The maximum atomic E-state index is 12.0. The minimum Gasteiger partial charge on any atom is -0.875 e. The predicted molar refractivity (Wildman–Crippen MR) is 87.3 cm³/mol. The van der Waals surface area contributed by atoms with Crippen molar-refractivity contribution in [1.29, 1.82) is 0 Å². The van der Waals surface area contributed by atoms with Crippen molar-refractivity contribution in [1.82, 2.24) is 5.32 Å². The first-order chi connectivity index (χ1) is 11.5. The topological polar surface area (TPSA) is 90.9 Å². The molecule has 0 aromatic heterocycles. The van der Waals surface area contributed by atoms with Crippen LogP contribution in [0.3, 0.4) is 0 Å². The van der Waals surface area contributed by atoms with E-state index in [0.29, 0.717) is 13.0 Å². The van der Waals surface area contributed by atoms with Gasteiger partial charge < -0.3 is 25.0 Å². The zero-order valence-electron chi connectivity index (χ0n) is 14.2. The van der Waals surface area contributed by atoms with Gasteiger partial charge in [0.2, 0.25) is 0 Å². The Morgan fingerprint density at radius 3 is 2.58 bits per heavy atom.